The number of anilines is 1. The van der Waals surface area contributed by atoms with Gasteiger partial charge in [-0.15, -0.1) is 0 Å². The fraction of sp³-hybridized carbons (Fsp3) is 0.400. The van der Waals surface area contributed by atoms with E-state index in [4.69, 9.17) is 0 Å². The zero-order chi connectivity index (χ0) is 19.6. The Balaban J connectivity index is 1.77. The van der Waals surface area contributed by atoms with E-state index in [0.717, 1.165) is 37.7 Å². The molecule has 1 saturated heterocycles. The molecule has 0 unspecified atom stereocenters. The highest BCUT2D eigenvalue weighted by Crippen LogP contribution is 2.34. The number of piperidine rings is 1. The summed E-state index contributed by atoms with van der Waals surface area (Å²) >= 11 is 0. The molecule has 1 aliphatic heterocycles. The molecule has 1 aromatic heterocycles. The van der Waals surface area contributed by atoms with E-state index in [9.17, 15) is 18.0 Å². The second kappa shape index (κ2) is 7.58. The minimum atomic E-state index is -4.35. The molecule has 0 radical (unpaired) electrons. The monoisotopic (exact) mass is 377 g/mol. The van der Waals surface area contributed by atoms with Crippen molar-refractivity contribution in [2.24, 2.45) is 0 Å². The molecule has 144 valence electrons. The van der Waals surface area contributed by atoms with E-state index in [2.05, 4.69) is 15.2 Å². The summed E-state index contributed by atoms with van der Waals surface area (Å²) in [5.41, 5.74) is 1.85. The van der Waals surface area contributed by atoms with E-state index in [0.29, 0.717) is 11.3 Å². The molecule has 0 spiro atoms. The summed E-state index contributed by atoms with van der Waals surface area (Å²) < 4.78 is 38.9. The van der Waals surface area contributed by atoms with Crippen molar-refractivity contribution in [1.82, 2.24) is 10.3 Å². The molecule has 4 nitrogen and oxygen atoms in total. The van der Waals surface area contributed by atoms with Gasteiger partial charge in [0.2, 0.25) is 5.91 Å². The predicted octanol–water partition coefficient (Wildman–Crippen LogP) is 4.18. The number of alkyl halides is 3. The first-order valence-corrected chi connectivity index (χ1v) is 8.90. The zero-order valence-electron chi connectivity index (χ0n) is 15.3. The highest BCUT2D eigenvalue weighted by molar-refractivity contribution is 5.73. The molecular weight excluding hydrogens is 355 g/mol. The SMILES string of the molecule is CC(=O)NC1CCN(c2ccnc(-c3ccc(C(F)(F)F)c(C)c3)c2)CC1. The molecule has 7 heteroatoms. The molecule has 1 amide bonds. The third kappa shape index (κ3) is 4.59. The van der Waals surface area contributed by atoms with E-state index in [-0.39, 0.29) is 17.5 Å². The van der Waals surface area contributed by atoms with Crippen LogP contribution in [-0.2, 0) is 11.0 Å². The van der Waals surface area contributed by atoms with Crippen molar-refractivity contribution >= 4 is 11.6 Å². The lowest BCUT2D eigenvalue weighted by molar-refractivity contribution is -0.138. The maximum Gasteiger partial charge on any atom is 0.416 e. The van der Waals surface area contributed by atoms with Crippen LogP contribution in [0.3, 0.4) is 0 Å². The number of nitrogens with zero attached hydrogens (tertiary/aromatic N) is 2. The van der Waals surface area contributed by atoms with Gasteiger partial charge in [-0.3, -0.25) is 9.78 Å². The normalized spacial score (nSPS) is 15.7. The van der Waals surface area contributed by atoms with Crippen LogP contribution >= 0.6 is 0 Å². The van der Waals surface area contributed by atoms with Crippen LogP contribution in [0.5, 0.6) is 0 Å². The summed E-state index contributed by atoms with van der Waals surface area (Å²) in [6.07, 6.45) is -0.957. The second-order valence-electron chi connectivity index (χ2n) is 6.89. The molecular formula is C20H22F3N3O. The van der Waals surface area contributed by atoms with Crippen molar-refractivity contribution in [1.29, 1.82) is 0 Å². The molecule has 0 saturated carbocycles. The quantitative estimate of drug-likeness (QED) is 0.873. The Bertz CT molecular complexity index is 827. The van der Waals surface area contributed by atoms with Crippen molar-refractivity contribution in [2.45, 2.75) is 38.9 Å². The average molecular weight is 377 g/mol. The smallest absolute Gasteiger partial charge is 0.371 e. The number of hydrogen-bond donors (Lipinski definition) is 1. The number of nitrogens with one attached hydrogen (secondary N) is 1. The third-order valence-electron chi connectivity index (χ3n) is 4.84. The van der Waals surface area contributed by atoms with E-state index in [1.807, 2.05) is 12.1 Å². The summed E-state index contributed by atoms with van der Waals surface area (Å²) in [7, 11) is 0. The Kier molecular flexibility index (Phi) is 5.39. The second-order valence-corrected chi connectivity index (χ2v) is 6.89. The topological polar surface area (TPSA) is 45.2 Å². The first-order valence-electron chi connectivity index (χ1n) is 8.90. The number of pyridine rings is 1. The minimum Gasteiger partial charge on any atom is -0.371 e. The molecule has 0 atom stereocenters. The number of aryl methyl sites for hydroxylation is 1. The highest BCUT2D eigenvalue weighted by Gasteiger charge is 2.32. The van der Waals surface area contributed by atoms with Crippen molar-refractivity contribution in [2.75, 3.05) is 18.0 Å². The van der Waals surface area contributed by atoms with Gasteiger partial charge < -0.3 is 10.2 Å². The standard InChI is InChI=1S/C20H22F3N3O/c1-13-11-15(3-4-18(13)20(21,22)23)19-12-17(5-8-24-19)26-9-6-16(7-10-26)25-14(2)27/h3-5,8,11-12,16H,6-7,9-10H2,1-2H3,(H,25,27). The van der Waals surface area contributed by atoms with Gasteiger partial charge in [0.25, 0.3) is 0 Å². The van der Waals surface area contributed by atoms with E-state index in [1.165, 1.54) is 26.0 Å². The van der Waals surface area contributed by atoms with Crippen LogP contribution in [0.2, 0.25) is 0 Å². The number of aromatic nitrogens is 1. The van der Waals surface area contributed by atoms with Crippen molar-refractivity contribution in [3.05, 3.63) is 47.7 Å². The van der Waals surface area contributed by atoms with Gasteiger partial charge in [0.15, 0.2) is 0 Å². The molecule has 1 fully saturated rings. The number of hydrogen-bond acceptors (Lipinski definition) is 3. The summed E-state index contributed by atoms with van der Waals surface area (Å²) in [4.78, 5) is 17.7. The van der Waals surface area contributed by atoms with Crippen LogP contribution in [0.15, 0.2) is 36.5 Å². The predicted molar refractivity (Wildman–Crippen MR) is 98.5 cm³/mol. The van der Waals surface area contributed by atoms with Crippen molar-refractivity contribution < 1.29 is 18.0 Å². The lowest BCUT2D eigenvalue weighted by Crippen LogP contribution is -2.44. The molecule has 2 aromatic rings. The number of rotatable bonds is 3. The summed E-state index contributed by atoms with van der Waals surface area (Å²) in [5, 5.41) is 2.94. The van der Waals surface area contributed by atoms with Crippen molar-refractivity contribution in [3.8, 4) is 11.3 Å². The van der Waals surface area contributed by atoms with Crippen LogP contribution in [0, 0.1) is 6.92 Å². The molecule has 1 aromatic carbocycles. The van der Waals surface area contributed by atoms with Crippen LogP contribution in [-0.4, -0.2) is 30.0 Å². The first-order chi connectivity index (χ1) is 12.7. The van der Waals surface area contributed by atoms with E-state index in [1.54, 1.807) is 6.20 Å². The van der Waals surface area contributed by atoms with Gasteiger partial charge in [0, 0.05) is 43.5 Å². The fourth-order valence-corrected chi connectivity index (χ4v) is 3.48. The van der Waals surface area contributed by atoms with Gasteiger partial charge in [-0.1, -0.05) is 6.07 Å². The molecule has 1 aliphatic rings. The summed E-state index contributed by atoms with van der Waals surface area (Å²) in [6.45, 7) is 4.59. The van der Waals surface area contributed by atoms with Gasteiger partial charge in [-0.05, 0) is 49.6 Å². The molecule has 2 heterocycles. The van der Waals surface area contributed by atoms with E-state index >= 15 is 0 Å². The van der Waals surface area contributed by atoms with Gasteiger partial charge >= 0.3 is 6.18 Å². The number of carbonyl (C=O) groups excluding carboxylic acids is 1. The number of halogens is 3. The first kappa shape index (κ1) is 19.2. The maximum atomic E-state index is 13.0. The third-order valence-corrected chi connectivity index (χ3v) is 4.84. The summed E-state index contributed by atoms with van der Waals surface area (Å²) in [5.74, 6) is -0.0164. The molecule has 27 heavy (non-hydrogen) atoms. The van der Waals surface area contributed by atoms with Gasteiger partial charge in [0.1, 0.15) is 0 Å². The fourth-order valence-electron chi connectivity index (χ4n) is 3.48. The summed E-state index contributed by atoms with van der Waals surface area (Å²) in [6, 6.07) is 8.10. The lowest BCUT2D eigenvalue weighted by atomic mass is 10.0. The van der Waals surface area contributed by atoms with E-state index < -0.39 is 11.7 Å². The highest BCUT2D eigenvalue weighted by atomic mass is 19.4. The van der Waals surface area contributed by atoms with Crippen LogP contribution in [0.1, 0.15) is 30.9 Å². The van der Waals surface area contributed by atoms with Gasteiger partial charge in [-0.25, -0.2) is 0 Å². The maximum absolute atomic E-state index is 13.0. The minimum absolute atomic E-state index is 0.0164. The Morgan fingerprint density at radius 2 is 1.89 bits per heavy atom. The van der Waals surface area contributed by atoms with Crippen LogP contribution < -0.4 is 10.2 Å². The molecule has 1 N–H and O–H groups in total. The van der Waals surface area contributed by atoms with Gasteiger partial charge in [-0.2, -0.15) is 13.2 Å². The number of benzene rings is 1. The molecule has 0 aliphatic carbocycles. The molecule has 3 rings (SSSR count). The van der Waals surface area contributed by atoms with Crippen LogP contribution in [0.25, 0.3) is 11.3 Å². The van der Waals surface area contributed by atoms with Crippen LogP contribution in [0.4, 0.5) is 18.9 Å². The van der Waals surface area contributed by atoms with Gasteiger partial charge in [0.05, 0.1) is 11.3 Å². The Morgan fingerprint density at radius 1 is 1.19 bits per heavy atom. The molecule has 0 bridgehead atoms. The Morgan fingerprint density at radius 3 is 2.48 bits per heavy atom. The Hall–Kier alpha value is -2.57. The largest absolute Gasteiger partial charge is 0.416 e. The number of amides is 1. The lowest BCUT2D eigenvalue weighted by Gasteiger charge is -2.33. The van der Waals surface area contributed by atoms with Crippen molar-refractivity contribution in [3.63, 3.8) is 0 Å². The Labute approximate surface area is 156 Å². The zero-order valence-corrected chi connectivity index (χ0v) is 15.3. The average Bonchev–Trinajstić information content (AvgIpc) is 2.61. The number of carbonyl (C=O) groups is 1.